The fraction of sp³-hybridized carbons (Fsp3) is 0.707. The maximum Gasteiger partial charge on any atom is 0.316 e. The van der Waals surface area contributed by atoms with Gasteiger partial charge in [0.05, 0.1) is 17.9 Å². The summed E-state index contributed by atoms with van der Waals surface area (Å²) in [6, 6.07) is 6.28. The van der Waals surface area contributed by atoms with Crippen molar-refractivity contribution in [2.24, 2.45) is 51.6 Å². The van der Waals surface area contributed by atoms with E-state index < -0.39 is 35.1 Å². The number of nitrogens with one attached hydrogen (secondary N) is 2. The summed E-state index contributed by atoms with van der Waals surface area (Å²) < 4.78 is 6.41. The van der Waals surface area contributed by atoms with Crippen LogP contribution in [0.3, 0.4) is 0 Å². The maximum atomic E-state index is 13.7. The monoisotopic (exact) mass is 725 g/mol. The van der Waals surface area contributed by atoms with Crippen molar-refractivity contribution < 1.29 is 29.0 Å². The number of carbonyl (C=O) groups excluding carboxylic acids is 4. The minimum Gasteiger partial charge on any atom is -0.461 e. The van der Waals surface area contributed by atoms with Gasteiger partial charge in [0.15, 0.2) is 0 Å². The van der Waals surface area contributed by atoms with Crippen molar-refractivity contribution in [2.45, 2.75) is 136 Å². The molecule has 10 heteroatoms. The van der Waals surface area contributed by atoms with Gasteiger partial charge in [-0.1, -0.05) is 73.6 Å². The molecule has 0 aliphatic heterocycles. The SMILES string of the molecule is C=C[C@]1(C)C[C@@H](OC(=O)CSc2cccc(CNC(=O)[C@H](CC(C)C)NC(=O)[C@@H](N)CC(C)C)c2)[C@]2(C)C(C)CCC3(CCC(=O)C32)[C@@H](C)[C@@H]1O. The molecule has 4 rings (SSSR count). The van der Waals surface area contributed by atoms with E-state index in [0.717, 1.165) is 29.7 Å². The number of thioether (sulfide) groups is 1. The number of aliphatic hydroxyl groups excluding tert-OH is 1. The first-order valence-electron chi connectivity index (χ1n) is 19.0. The second-order valence-corrected chi connectivity index (χ2v) is 18.2. The number of Topliss-reactive ketones (excluding diaryl/α,β-unsaturated/α-hetero) is 1. The molecule has 51 heavy (non-hydrogen) atoms. The van der Waals surface area contributed by atoms with Crippen LogP contribution < -0.4 is 16.4 Å². The first kappa shape index (κ1) is 41.1. The number of hydrogen-bond donors (Lipinski definition) is 4. The van der Waals surface area contributed by atoms with Crippen molar-refractivity contribution in [2.75, 3.05) is 5.75 Å². The molecular formula is C41H63N3O6S. The van der Waals surface area contributed by atoms with Crippen molar-refractivity contribution in [3.8, 4) is 0 Å². The van der Waals surface area contributed by atoms with E-state index >= 15 is 0 Å². The number of nitrogens with two attached hydrogens (primary N) is 1. The predicted molar refractivity (Wildman–Crippen MR) is 202 cm³/mol. The molecule has 3 aliphatic rings. The molecule has 9 nitrogen and oxygen atoms in total. The summed E-state index contributed by atoms with van der Waals surface area (Å²) in [6.07, 6.45) is 5.04. The second kappa shape index (κ2) is 16.5. The van der Waals surface area contributed by atoms with Crippen molar-refractivity contribution in [1.82, 2.24) is 10.6 Å². The molecule has 0 heterocycles. The van der Waals surface area contributed by atoms with Gasteiger partial charge in [-0.15, -0.1) is 18.3 Å². The summed E-state index contributed by atoms with van der Waals surface area (Å²) in [5.74, 6) is -0.385. The van der Waals surface area contributed by atoms with Crippen LogP contribution in [-0.4, -0.2) is 58.7 Å². The third-order valence-electron chi connectivity index (χ3n) is 12.7. The van der Waals surface area contributed by atoms with E-state index in [2.05, 4.69) is 38.0 Å². The number of aliphatic hydroxyl groups is 1. The normalized spacial score (nSPS) is 33.1. The average molecular weight is 726 g/mol. The van der Waals surface area contributed by atoms with Crippen LogP contribution in [0.2, 0.25) is 0 Å². The van der Waals surface area contributed by atoms with Crippen molar-refractivity contribution in [3.63, 3.8) is 0 Å². The Morgan fingerprint density at radius 1 is 1.10 bits per heavy atom. The minimum absolute atomic E-state index is 0.0728. The van der Waals surface area contributed by atoms with E-state index in [-0.39, 0.29) is 70.9 Å². The molecule has 0 saturated heterocycles. The molecule has 3 fully saturated rings. The van der Waals surface area contributed by atoms with Crippen LogP contribution in [0.1, 0.15) is 106 Å². The number of ketones is 1. The minimum atomic E-state index is -0.709. The van der Waals surface area contributed by atoms with Gasteiger partial charge < -0.3 is 26.2 Å². The summed E-state index contributed by atoms with van der Waals surface area (Å²) >= 11 is 1.36. The van der Waals surface area contributed by atoms with E-state index in [9.17, 15) is 24.3 Å². The first-order valence-corrected chi connectivity index (χ1v) is 20.0. The molecule has 3 aliphatic carbocycles. The molecular weight excluding hydrogens is 663 g/mol. The zero-order chi connectivity index (χ0) is 37.9. The highest BCUT2D eigenvalue weighted by Crippen LogP contribution is 2.68. The van der Waals surface area contributed by atoms with E-state index in [1.54, 1.807) is 0 Å². The summed E-state index contributed by atoms with van der Waals surface area (Å²) in [4.78, 5) is 54.1. The summed E-state index contributed by atoms with van der Waals surface area (Å²) in [7, 11) is 0. The highest BCUT2D eigenvalue weighted by atomic mass is 32.2. The fourth-order valence-corrected chi connectivity index (χ4v) is 10.3. The van der Waals surface area contributed by atoms with Gasteiger partial charge in [-0.3, -0.25) is 19.2 Å². The number of esters is 1. The fourth-order valence-electron chi connectivity index (χ4n) is 9.49. The Morgan fingerprint density at radius 2 is 1.78 bits per heavy atom. The molecule has 5 N–H and O–H groups in total. The Morgan fingerprint density at radius 3 is 2.43 bits per heavy atom. The zero-order valence-electron chi connectivity index (χ0n) is 32.1. The van der Waals surface area contributed by atoms with Crippen LogP contribution >= 0.6 is 11.8 Å². The van der Waals surface area contributed by atoms with Gasteiger partial charge in [0.2, 0.25) is 11.8 Å². The lowest BCUT2D eigenvalue weighted by Gasteiger charge is -2.61. The Balaban J connectivity index is 1.43. The topological polar surface area (TPSA) is 148 Å². The number of amides is 2. The molecule has 3 unspecified atom stereocenters. The lowest BCUT2D eigenvalue weighted by Crippen LogP contribution is -2.63. The van der Waals surface area contributed by atoms with E-state index in [4.69, 9.17) is 10.5 Å². The van der Waals surface area contributed by atoms with E-state index in [0.29, 0.717) is 25.7 Å². The molecule has 0 spiro atoms. The molecule has 3 saturated carbocycles. The second-order valence-electron chi connectivity index (χ2n) is 17.1. The van der Waals surface area contributed by atoms with Crippen LogP contribution in [-0.2, 0) is 30.5 Å². The number of hydrogen-bond acceptors (Lipinski definition) is 8. The molecule has 2 bridgehead atoms. The highest BCUT2D eigenvalue weighted by molar-refractivity contribution is 8.00. The van der Waals surface area contributed by atoms with Crippen LogP contribution in [0.15, 0.2) is 41.8 Å². The third-order valence-corrected chi connectivity index (χ3v) is 13.7. The summed E-state index contributed by atoms with van der Waals surface area (Å²) in [5.41, 5.74) is 5.37. The van der Waals surface area contributed by atoms with Gasteiger partial charge in [-0.25, -0.2) is 0 Å². The summed E-state index contributed by atoms with van der Waals surface area (Å²) in [6.45, 7) is 20.8. The zero-order valence-corrected chi connectivity index (χ0v) is 32.9. The van der Waals surface area contributed by atoms with Crippen molar-refractivity contribution >= 4 is 35.3 Å². The third kappa shape index (κ3) is 8.76. The molecule has 284 valence electrons. The van der Waals surface area contributed by atoms with Crippen molar-refractivity contribution in [1.29, 1.82) is 0 Å². The Hall–Kier alpha value is -2.69. The Bertz CT molecular complexity index is 1450. The highest BCUT2D eigenvalue weighted by Gasteiger charge is 2.68. The largest absolute Gasteiger partial charge is 0.461 e. The van der Waals surface area contributed by atoms with Gasteiger partial charge >= 0.3 is 5.97 Å². The number of carbonyl (C=O) groups is 4. The number of rotatable bonds is 14. The van der Waals surface area contributed by atoms with E-state index in [1.165, 1.54) is 11.8 Å². The van der Waals surface area contributed by atoms with Crippen LogP contribution in [0.5, 0.6) is 0 Å². The molecule has 0 radical (unpaired) electrons. The quantitative estimate of drug-likeness (QED) is 0.101. The number of ether oxygens (including phenoxy) is 1. The van der Waals surface area contributed by atoms with Crippen LogP contribution in [0, 0.1) is 45.8 Å². The van der Waals surface area contributed by atoms with Gasteiger partial charge in [0.25, 0.3) is 0 Å². The lowest BCUT2D eigenvalue weighted by molar-refractivity contribution is -0.205. The van der Waals surface area contributed by atoms with Gasteiger partial charge in [0, 0.05) is 34.6 Å². The molecule has 2 amide bonds. The predicted octanol–water partition coefficient (Wildman–Crippen LogP) is 6.21. The molecule has 10 atom stereocenters. The first-order chi connectivity index (χ1) is 23.9. The molecule has 1 aromatic rings. The smallest absolute Gasteiger partial charge is 0.316 e. The standard InChI is InChI=1S/C41H63N3O6S/c1-10-39(8)21-33(40(9)26(6)14-16-41(27(7)36(39)47)17-15-32(45)35(40)41)50-34(46)23-51-29-13-11-12-28(20-29)22-43-38(49)31(19-25(4)5)44-37(48)30(42)18-24(2)3/h10-13,20,24-27,30-31,33,35-36,47H,1,14-19,21-23,42H2,2-9H3,(H,43,49)(H,44,48)/t26?,27-,30-,31-,33+,35?,36-,39+,40-,41?/m0/s1. The summed E-state index contributed by atoms with van der Waals surface area (Å²) in [5, 5.41) is 17.6. The van der Waals surface area contributed by atoms with Gasteiger partial charge in [0.1, 0.15) is 17.9 Å². The van der Waals surface area contributed by atoms with Gasteiger partial charge in [-0.05, 0) is 85.3 Å². The average Bonchev–Trinajstić information content (AvgIpc) is 3.43. The van der Waals surface area contributed by atoms with Crippen LogP contribution in [0.4, 0.5) is 0 Å². The number of benzene rings is 1. The van der Waals surface area contributed by atoms with E-state index in [1.807, 2.05) is 65.0 Å². The lowest BCUT2D eigenvalue weighted by atomic mass is 9.44. The van der Waals surface area contributed by atoms with Crippen LogP contribution in [0.25, 0.3) is 0 Å². The van der Waals surface area contributed by atoms with Crippen molar-refractivity contribution in [3.05, 3.63) is 42.5 Å². The Kier molecular flexibility index (Phi) is 13.3. The van der Waals surface area contributed by atoms with Gasteiger partial charge in [-0.2, -0.15) is 0 Å². The Labute approximate surface area is 310 Å². The molecule has 1 aromatic carbocycles. The molecule has 0 aromatic heterocycles. The maximum absolute atomic E-state index is 13.7.